The molecule has 0 saturated carbocycles. The molecule has 0 radical (unpaired) electrons. The van der Waals surface area contributed by atoms with Crippen LogP contribution in [0.25, 0.3) is 21.9 Å². The summed E-state index contributed by atoms with van der Waals surface area (Å²) in [6, 6.07) is 6.51. The van der Waals surface area contributed by atoms with Gasteiger partial charge in [0, 0.05) is 43.7 Å². The van der Waals surface area contributed by atoms with E-state index in [2.05, 4.69) is 51.8 Å². The minimum absolute atomic E-state index is 0.512. The number of piperazine rings is 1. The standard InChI is InChI=1S/C21H30N6/c1-3-5-6-18-24-19-16-14-15(27-12-10-26(9-4-2)11-13-27)7-8-17(16)23-21(22)20(19)25-18/h7-8,14H,3-6,9-13H2,1-2H3,(H2,22,23)(H,24,25). The quantitative estimate of drug-likeness (QED) is 0.698. The van der Waals surface area contributed by atoms with Crippen molar-refractivity contribution in [2.75, 3.05) is 43.4 Å². The Hall–Kier alpha value is -2.34. The van der Waals surface area contributed by atoms with Crippen molar-refractivity contribution in [3.8, 4) is 0 Å². The van der Waals surface area contributed by atoms with Crippen LogP contribution in [-0.2, 0) is 6.42 Å². The molecule has 1 fully saturated rings. The molecule has 3 heterocycles. The van der Waals surface area contributed by atoms with Gasteiger partial charge in [0.05, 0.1) is 11.0 Å². The molecular weight excluding hydrogens is 336 g/mol. The fraction of sp³-hybridized carbons (Fsp3) is 0.524. The normalized spacial score (nSPS) is 15.9. The molecule has 0 spiro atoms. The third-order valence-corrected chi connectivity index (χ3v) is 5.53. The Bertz CT molecular complexity index is 923. The number of aromatic nitrogens is 3. The zero-order valence-electron chi connectivity index (χ0n) is 16.5. The van der Waals surface area contributed by atoms with E-state index in [1.165, 1.54) is 18.7 Å². The van der Waals surface area contributed by atoms with Gasteiger partial charge < -0.3 is 15.6 Å². The van der Waals surface area contributed by atoms with Crippen LogP contribution in [0.2, 0.25) is 0 Å². The van der Waals surface area contributed by atoms with Gasteiger partial charge in [0.15, 0.2) is 5.82 Å². The maximum atomic E-state index is 6.18. The number of nitrogens with two attached hydrogens (primary N) is 1. The highest BCUT2D eigenvalue weighted by Crippen LogP contribution is 2.30. The van der Waals surface area contributed by atoms with Crippen molar-refractivity contribution in [1.29, 1.82) is 0 Å². The average Bonchev–Trinajstić information content (AvgIpc) is 3.12. The SMILES string of the molecule is CCCCc1nc2c(N)nc3ccc(N4CCN(CCC)CC4)cc3c2[nH]1. The summed E-state index contributed by atoms with van der Waals surface area (Å²) in [7, 11) is 0. The molecule has 1 aliphatic heterocycles. The van der Waals surface area contributed by atoms with E-state index >= 15 is 0 Å². The second kappa shape index (κ2) is 7.72. The van der Waals surface area contributed by atoms with E-state index in [4.69, 9.17) is 10.7 Å². The van der Waals surface area contributed by atoms with Gasteiger partial charge in [0.2, 0.25) is 0 Å². The molecule has 1 aromatic carbocycles. The molecule has 2 aromatic heterocycles. The Morgan fingerprint density at radius 1 is 1.07 bits per heavy atom. The van der Waals surface area contributed by atoms with Crippen LogP contribution in [0, 0.1) is 0 Å². The van der Waals surface area contributed by atoms with Crippen molar-refractivity contribution >= 4 is 33.4 Å². The van der Waals surface area contributed by atoms with Crippen LogP contribution in [0.4, 0.5) is 11.5 Å². The summed E-state index contributed by atoms with van der Waals surface area (Å²) < 4.78 is 0. The zero-order valence-corrected chi connectivity index (χ0v) is 16.5. The van der Waals surface area contributed by atoms with Crippen molar-refractivity contribution < 1.29 is 0 Å². The minimum atomic E-state index is 0.512. The predicted molar refractivity (Wildman–Crippen MR) is 113 cm³/mol. The second-order valence-corrected chi connectivity index (χ2v) is 7.54. The number of hydrogen-bond acceptors (Lipinski definition) is 5. The Balaban J connectivity index is 1.67. The van der Waals surface area contributed by atoms with Crippen LogP contribution in [-0.4, -0.2) is 52.6 Å². The number of nitrogens with one attached hydrogen (secondary N) is 1. The molecule has 3 N–H and O–H groups in total. The largest absolute Gasteiger partial charge is 0.382 e. The number of unbranched alkanes of at least 4 members (excludes halogenated alkanes) is 1. The number of anilines is 2. The van der Waals surface area contributed by atoms with E-state index in [9.17, 15) is 0 Å². The number of imidazole rings is 1. The summed E-state index contributed by atoms with van der Waals surface area (Å²) in [6.45, 7) is 10.0. The van der Waals surface area contributed by atoms with Gasteiger partial charge >= 0.3 is 0 Å². The van der Waals surface area contributed by atoms with E-state index in [1.807, 2.05) is 0 Å². The third kappa shape index (κ3) is 3.58. The topological polar surface area (TPSA) is 74.1 Å². The lowest BCUT2D eigenvalue weighted by molar-refractivity contribution is 0.258. The van der Waals surface area contributed by atoms with Gasteiger partial charge in [0.25, 0.3) is 0 Å². The van der Waals surface area contributed by atoms with Crippen LogP contribution in [0.1, 0.15) is 38.9 Å². The molecule has 27 heavy (non-hydrogen) atoms. The number of nitrogen functional groups attached to an aromatic ring is 1. The van der Waals surface area contributed by atoms with Gasteiger partial charge in [-0.3, -0.25) is 4.90 Å². The Morgan fingerprint density at radius 2 is 1.89 bits per heavy atom. The van der Waals surface area contributed by atoms with E-state index in [0.29, 0.717) is 5.82 Å². The Morgan fingerprint density at radius 3 is 2.63 bits per heavy atom. The van der Waals surface area contributed by atoms with E-state index in [-0.39, 0.29) is 0 Å². The number of benzene rings is 1. The Kier molecular flexibility index (Phi) is 5.16. The van der Waals surface area contributed by atoms with Crippen molar-refractivity contribution in [3.05, 3.63) is 24.0 Å². The van der Waals surface area contributed by atoms with E-state index in [0.717, 1.165) is 73.2 Å². The second-order valence-electron chi connectivity index (χ2n) is 7.54. The number of hydrogen-bond donors (Lipinski definition) is 2. The number of pyridine rings is 1. The fourth-order valence-electron chi connectivity index (χ4n) is 4.01. The highest BCUT2D eigenvalue weighted by Gasteiger charge is 2.18. The van der Waals surface area contributed by atoms with Gasteiger partial charge in [-0.2, -0.15) is 0 Å². The van der Waals surface area contributed by atoms with E-state index in [1.54, 1.807) is 0 Å². The van der Waals surface area contributed by atoms with Crippen molar-refractivity contribution in [1.82, 2.24) is 19.9 Å². The summed E-state index contributed by atoms with van der Waals surface area (Å²) in [5.41, 5.74) is 10.2. The van der Waals surface area contributed by atoms with Crippen LogP contribution in [0.5, 0.6) is 0 Å². The van der Waals surface area contributed by atoms with Crippen molar-refractivity contribution in [2.45, 2.75) is 39.5 Å². The molecule has 0 bridgehead atoms. The molecule has 3 aromatic rings. The highest BCUT2D eigenvalue weighted by molar-refractivity contribution is 6.07. The summed E-state index contributed by atoms with van der Waals surface area (Å²) in [5.74, 6) is 1.52. The van der Waals surface area contributed by atoms with Crippen molar-refractivity contribution in [3.63, 3.8) is 0 Å². The maximum Gasteiger partial charge on any atom is 0.152 e. The van der Waals surface area contributed by atoms with Gasteiger partial charge in [-0.05, 0) is 37.6 Å². The molecular formula is C21H30N6. The Labute approximate surface area is 160 Å². The first kappa shape index (κ1) is 18.0. The molecule has 144 valence electrons. The summed E-state index contributed by atoms with van der Waals surface area (Å²) in [6.07, 6.45) is 4.45. The predicted octanol–water partition coefficient (Wildman–Crippen LogP) is 3.57. The van der Waals surface area contributed by atoms with Crippen LogP contribution in [0.15, 0.2) is 18.2 Å². The van der Waals surface area contributed by atoms with Crippen LogP contribution < -0.4 is 10.6 Å². The van der Waals surface area contributed by atoms with Gasteiger partial charge in [0.1, 0.15) is 11.3 Å². The molecule has 0 amide bonds. The summed E-state index contributed by atoms with van der Waals surface area (Å²) in [4.78, 5) is 17.8. The smallest absolute Gasteiger partial charge is 0.152 e. The maximum absolute atomic E-state index is 6.18. The summed E-state index contributed by atoms with van der Waals surface area (Å²) in [5, 5.41) is 1.11. The van der Waals surface area contributed by atoms with E-state index < -0.39 is 0 Å². The molecule has 4 rings (SSSR count). The van der Waals surface area contributed by atoms with Gasteiger partial charge in [-0.1, -0.05) is 20.3 Å². The zero-order chi connectivity index (χ0) is 18.8. The van der Waals surface area contributed by atoms with Crippen molar-refractivity contribution in [2.24, 2.45) is 0 Å². The lowest BCUT2D eigenvalue weighted by atomic mass is 10.1. The fourth-order valence-corrected chi connectivity index (χ4v) is 4.01. The number of aromatic amines is 1. The first-order valence-corrected chi connectivity index (χ1v) is 10.2. The molecule has 0 unspecified atom stereocenters. The van der Waals surface area contributed by atoms with Crippen LogP contribution >= 0.6 is 0 Å². The number of nitrogens with zero attached hydrogens (tertiary/aromatic N) is 4. The minimum Gasteiger partial charge on any atom is -0.382 e. The lowest BCUT2D eigenvalue weighted by Gasteiger charge is -2.36. The first-order chi connectivity index (χ1) is 13.2. The monoisotopic (exact) mass is 366 g/mol. The first-order valence-electron chi connectivity index (χ1n) is 10.2. The molecule has 6 nitrogen and oxygen atoms in total. The number of rotatable bonds is 6. The number of H-pyrrole nitrogens is 1. The number of aryl methyl sites for hydroxylation is 1. The van der Waals surface area contributed by atoms with Crippen LogP contribution in [0.3, 0.4) is 0 Å². The molecule has 0 aliphatic carbocycles. The highest BCUT2D eigenvalue weighted by atomic mass is 15.3. The molecule has 1 saturated heterocycles. The third-order valence-electron chi connectivity index (χ3n) is 5.53. The lowest BCUT2D eigenvalue weighted by Crippen LogP contribution is -2.46. The molecule has 6 heteroatoms. The van der Waals surface area contributed by atoms with Gasteiger partial charge in [-0.25, -0.2) is 9.97 Å². The molecule has 1 aliphatic rings. The molecule has 0 atom stereocenters. The van der Waals surface area contributed by atoms with Gasteiger partial charge in [-0.15, -0.1) is 0 Å². The average molecular weight is 367 g/mol. The number of fused-ring (bicyclic) bond motifs is 3. The summed E-state index contributed by atoms with van der Waals surface area (Å²) >= 11 is 0.